The van der Waals surface area contributed by atoms with Crippen LogP contribution in [0.1, 0.15) is 0 Å². The summed E-state index contributed by atoms with van der Waals surface area (Å²) in [7, 11) is 0. The molecule has 0 atom stereocenters. The van der Waals surface area contributed by atoms with Gasteiger partial charge in [-0.2, -0.15) is 0 Å². The fourth-order valence-corrected chi connectivity index (χ4v) is 9.14. The van der Waals surface area contributed by atoms with E-state index in [1.807, 2.05) is 36.8 Å². The summed E-state index contributed by atoms with van der Waals surface area (Å²) in [4.78, 5) is 24.8. The zero-order valence-electron chi connectivity index (χ0n) is 33.4. The highest BCUT2D eigenvalue weighted by atomic mass is 14.8. The van der Waals surface area contributed by atoms with E-state index in [2.05, 4.69) is 175 Å². The molecule has 5 aromatic heterocycles. The molecule has 0 aliphatic heterocycles. The van der Waals surface area contributed by atoms with Gasteiger partial charge in [0.1, 0.15) is 0 Å². The van der Waals surface area contributed by atoms with E-state index in [-0.39, 0.29) is 0 Å². The topological polar surface area (TPSA) is 64.5 Å². The van der Waals surface area contributed by atoms with E-state index in [1.165, 1.54) is 5.56 Å². The van der Waals surface area contributed by atoms with Crippen LogP contribution in [0.15, 0.2) is 213 Å². The molecular formula is C57H35N5. The van der Waals surface area contributed by atoms with Crippen molar-refractivity contribution in [3.8, 4) is 67.2 Å². The summed E-state index contributed by atoms with van der Waals surface area (Å²) in [6.07, 6.45) is 7.50. The summed E-state index contributed by atoms with van der Waals surface area (Å²) < 4.78 is 0. The molecule has 288 valence electrons. The molecule has 0 spiro atoms. The minimum absolute atomic E-state index is 0.802. The van der Waals surface area contributed by atoms with Crippen molar-refractivity contribution >= 4 is 54.3 Å². The van der Waals surface area contributed by atoms with Gasteiger partial charge in [0.15, 0.2) is 0 Å². The van der Waals surface area contributed by atoms with Crippen molar-refractivity contribution < 1.29 is 0 Å². The highest BCUT2D eigenvalue weighted by Gasteiger charge is 2.22. The zero-order chi connectivity index (χ0) is 41.0. The molecule has 7 aromatic carbocycles. The van der Waals surface area contributed by atoms with Gasteiger partial charge in [-0.1, -0.05) is 152 Å². The first-order valence-corrected chi connectivity index (χ1v) is 20.8. The summed E-state index contributed by atoms with van der Waals surface area (Å²) in [6.45, 7) is 0. The number of para-hydroxylation sites is 1. The second-order valence-corrected chi connectivity index (χ2v) is 15.6. The standard InChI is InChI=1S/C57H35N5/c1-2-12-36(13-3-1)41-27-29-50(60-35-41)52-33-42(32-51(61-52)38-24-22-37(23-25-38)40-15-10-30-58-34-40)53-43-16-4-6-18-45(43)54(46-19-7-5-17-44(46)53)55-47-20-8-9-21-49(47)62-57-48(55)28-26-39-14-11-31-59-56(39)57/h1-35H. The van der Waals surface area contributed by atoms with Gasteiger partial charge in [0.05, 0.1) is 33.6 Å². The number of aromatic nitrogens is 5. The molecule has 0 aliphatic carbocycles. The van der Waals surface area contributed by atoms with E-state index in [1.54, 1.807) is 6.20 Å². The molecular weight excluding hydrogens is 755 g/mol. The van der Waals surface area contributed by atoms with E-state index in [9.17, 15) is 0 Å². The third-order valence-corrected chi connectivity index (χ3v) is 12.0. The van der Waals surface area contributed by atoms with Crippen molar-refractivity contribution in [2.45, 2.75) is 0 Å². The molecule has 0 saturated heterocycles. The molecule has 5 nitrogen and oxygen atoms in total. The predicted octanol–water partition coefficient (Wildman–Crippen LogP) is 14.4. The quantitative estimate of drug-likeness (QED) is 0.124. The number of benzene rings is 7. The molecule has 12 aromatic rings. The Morgan fingerprint density at radius 3 is 1.61 bits per heavy atom. The van der Waals surface area contributed by atoms with Gasteiger partial charge < -0.3 is 0 Å². The first-order chi connectivity index (χ1) is 30.7. The minimum Gasteiger partial charge on any atom is -0.264 e. The Labute approximate surface area is 357 Å². The number of nitrogens with zero attached hydrogens (tertiary/aromatic N) is 5. The molecule has 0 amide bonds. The molecule has 0 bridgehead atoms. The van der Waals surface area contributed by atoms with Crippen LogP contribution in [0.3, 0.4) is 0 Å². The summed E-state index contributed by atoms with van der Waals surface area (Å²) in [6, 6.07) is 66.3. The molecule has 5 heteroatoms. The minimum atomic E-state index is 0.802. The largest absolute Gasteiger partial charge is 0.264 e. The van der Waals surface area contributed by atoms with E-state index < -0.39 is 0 Å². The Morgan fingerprint density at radius 2 is 0.887 bits per heavy atom. The van der Waals surface area contributed by atoms with Crippen LogP contribution in [0.5, 0.6) is 0 Å². The van der Waals surface area contributed by atoms with E-state index in [0.717, 1.165) is 116 Å². The smallest absolute Gasteiger partial charge is 0.0978 e. The van der Waals surface area contributed by atoms with E-state index in [4.69, 9.17) is 19.9 Å². The molecule has 0 unspecified atom stereocenters. The van der Waals surface area contributed by atoms with Crippen LogP contribution in [-0.4, -0.2) is 24.9 Å². The molecule has 0 aliphatic rings. The summed E-state index contributed by atoms with van der Waals surface area (Å²) in [5.74, 6) is 0. The van der Waals surface area contributed by atoms with E-state index >= 15 is 0 Å². The van der Waals surface area contributed by atoms with Gasteiger partial charge >= 0.3 is 0 Å². The van der Waals surface area contributed by atoms with Gasteiger partial charge in [-0.15, -0.1) is 0 Å². The lowest BCUT2D eigenvalue weighted by Gasteiger charge is -2.21. The van der Waals surface area contributed by atoms with Crippen LogP contribution < -0.4 is 0 Å². The third kappa shape index (κ3) is 5.98. The van der Waals surface area contributed by atoms with E-state index in [0.29, 0.717) is 0 Å². The lowest BCUT2D eigenvalue weighted by atomic mass is 9.83. The molecule has 0 fully saturated rings. The van der Waals surface area contributed by atoms with Gasteiger partial charge in [0.2, 0.25) is 0 Å². The van der Waals surface area contributed by atoms with Gasteiger partial charge in [-0.05, 0) is 91.3 Å². The summed E-state index contributed by atoms with van der Waals surface area (Å²) in [5.41, 5.74) is 15.1. The maximum atomic E-state index is 5.33. The Hall–Kier alpha value is -8.41. The van der Waals surface area contributed by atoms with Crippen molar-refractivity contribution in [3.63, 3.8) is 0 Å². The second-order valence-electron chi connectivity index (χ2n) is 15.6. The zero-order valence-corrected chi connectivity index (χ0v) is 33.4. The van der Waals surface area contributed by atoms with Crippen molar-refractivity contribution in [2.24, 2.45) is 0 Å². The van der Waals surface area contributed by atoms with Crippen LogP contribution in [-0.2, 0) is 0 Å². The van der Waals surface area contributed by atoms with Gasteiger partial charge in [-0.3, -0.25) is 15.0 Å². The SMILES string of the molecule is c1ccc(-c2ccc(-c3cc(-c4c5ccccc5c(-c5c6ccccc6nc6c5ccc5cccnc56)c5ccccc45)cc(-c4ccc(-c5cccnc5)cc4)n3)nc2)cc1. The summed E-state index contributed by atoms with van der Waals surface area (Å²) >= 11 is 0. The second kappa shape index (κ2) is 14.7. The van der Waals surface area contributed by atoms with Crippen molar-refractivity contribution in [1.82, 2.24) is 24.9 Å². The molecule has 0 N–H and O–H groups in total. The molecule has 62 heavy (non-hydrogen) atoms. The van der Waals surface area contributed by atoms with Crippen LogP contribution in [0.2, 0.25) is 0 Å². The normalized spacial score (nSPS) is 11.5. The van der Waals surface area contributed by atoms with Gasteiger partial charge in [0, 0.05) is 57.6 Å². The van der Waals surface area contributed by atoms with Crippen LogP contribution in [0.25, 0.3) is 121 Å². The number of hydrogen-bond acceptors (Lipinski definition) is 5. The monoisotopic (exact) mass is 789 g/mol. The van der Waals surface area contributed by atoms with Crippen LogP contribution >= 0.6 is 0 Å². The average molecular weight is 790 g/mol. The number of hydrogen-bond donors (Lipinski definition) is 0. The van der Waals surface area contributed by atoms with Crippen molar-refractivity contribution in [1.29, 1.82) is 0 Å². The molecule has 5 heterocycles. The van der Waals surface area contributed by atoms with Crippen molar-refractivity contribution in [3.05, 3.63) is 213 Å². The molecule has 0 radical (unpaired) electrons. The van der Waals surface area contributed by atoms with Gasteiger partial charge in [-0.25, -0.2) is 9.97 Å². The number of pyridine rings is 5. The van der Waals surface area contributed by atoms with Crippen LogP contribution in [0.4, 0.5) is 0 Å². The Balaban J connectivity index is 1.13. The molecule has 0 saturated carbocycles. The Kier molecular flexibility index (Phi) is 8.42. The lowest BCUT2D eigenvalue weighted by Crippen LogP contribution is -1.97. The predicted molar refractivity (Wildman–Crippen MR) is 256 cm³/mol. The summed E-state index contributed by atoms with van der Waals surface area (Å²) in [5, 5.41) is 7.86. The average Bonchev–Trinajstić information content (AvgIpc) is 3.35. The fraction of sp³-hybridized carbons (Fsp3) is 0. The van der Waals surface area contributed by atoms with Crippen LogP contribution in [0, 0.1) is 0 Å². The van der Waals surface area contributed by atoms with Gasteiger partial charge in [0.25, 0.3) is 0 Å². The van der Waals surface area contributed by atoms with Crippen molar-refractivity contribution in [2.75, 3.05) is 0 Å². The number of fused-ring (bicyclic) bond motifs is 6. The maximum Gasteiger partial charge on any atom is 0.0978 e. The maximum absolute atomic E-state index is 5.33. The first kappa shape index (κ1) is 35.5. The Morgan fingerprint density at radius 1 is 0.290 bits per heavy atom. The molecule has 12 rings (SSSR count). The lowest BCUT2D eigenvalue weighted by molar-refractivity contribution is 1.25. The highest BCUT2D eigenvalue weighted by molar-refractivity contribution is 6.28. The fourth-order valence-electron chi connectivity index (χ4n) is 9.14. The number of rotatable bonds is 6. The third-order valence-electron chi connectivity index (χ3n) is 12.0. The first-order valence-electron chi connectivity index (χ1n) is 20.8. The highest BCUT2D eigenvalue weighted by Crippen LogP contribution is 2.48. The Bertz CT molecular complexity index is 3500.